The first-order chi connectivity index (χ1) is 11.4. The van der Waals surface area contributed by atoms with Crippen LogP contribution >= 0.6 is 46.4 Å². The van der Waals surface area contributed by atoms with Crippen LogP contribution in [0.25, 0.3) is 12.2 Å². The van der Waals surface area contributed by atoms with Crippen molar-refractivity contribution >= 4 is 58.6 Å². The number of halogens is 4. The molecule has 0 unspecified atom stereocenters. The maximum absolute atomic E-state index is 5.81. The number of nitrogens with zero attached hydrogens (tertiary/aromatic N) is 3. The summed E-state index contributed by atoms with van der Waals surface area (Å²) in [7, 11) is 3.14. The molecular weight excluding hydrogens is 396 g/mol. The van der Waals surface area contributed by atoms with Crippen molar-refractivity contribution in [1.82, 2.24) is 15.0 Å². The van der Waals surface area contributed by atoms with Crippen molar-refractivity contribution in [2.45, 2.75) is 9.67 Å². The van der Waals surface area contributed by atoms with Crippen molar-refractivity contribution in [3.8, 4) is 11.5 Å². The predicted molar refractivity (Wildman–Crippen MR) is 97.2 cm³/mol. The van der Waals surface area contributed by atoms with Crippen LogP contribution in [0, 0.1) is 0 Å². The molecular formula is C15H13Cl4N3O2. The Balaban J connectivity index is 2.34. The zero-order valence-corrected chi connectivity index (χ0v) is 15.7. The number of ether oxygens (including phenoxy) is 2. The zero-order valence-electron chi connectivity index (χ0n) is 12.7. The number of aromatic nitrogens is 3. The fraction of sp³-hybridized carbons (Fsp3) is 0.267. The lowest BCUT2D eigenvalue weighted by atomic mass is 10.2. The van der Waals surface area contributed by atoms with E-state index in [-0.39, 0.29) is 11.6 Å². The topological polar surface area (TPSA) is 57.1 Å². The van der Waals surface area contributed by atoms with Crippen LogP contribution in [0.3, 0.4) is 0 Å². The third-order valence-electron chi connectivity index (χ3n) is 2.91. The molecule has 1 heterocycles. The molecule has 24 heavy (non-hydrogen) atoms. The van der Waals surface area contributed by atoms with Gasteiger partial charge in [0.2, 0.25) is 0 Å². The van der Waals surface area contributed by atoms with Crippen LogP contribution in [-0.4, -0.2) is 29.2 Å². The zero-order chi connectivity index (χ0) is 17.7. The first kappa shape index (κ1) is 19.1. The van der Waals surface area contributed by atoms with Gasteiger partial charge in [0.15, 0.2) is 38.6 Å². The third-order valence-corrected chi connectivity index (χ3v) is 3.69. The van der Waals surface area contributed by atoms with Gasteiger partial charge < -0.3 is 9.47 Å². The van der Waals surface area contributed by atoms with Gasteiger partial charge in [0.25, 0.3) is 0 Å². The molecule has 0 amide bonds. The highest BCUT2D eigenvalue weighted by Crippen LogP contribution is 2.29. The minimum absolute atomic E-state index is 0.182. The number of methoxy groups -OCH3 is 2. The van der Waals surface area contributed by atoms with Crippen LogP contribution in [0.15, 0.2) is 18.2 Å². The first-order valence-electron chi connectivity index (χ1n) is 6.67. The Hall–Kier alpha value is -1.27. The Morgan fingerprint density at radius 1 is 0.833 bits per heavy atom. The van der Waals surface area contributed by atoms with Gasteiger partial charge in [-0.15, -0.1) is 0 Å². The van der Waals surface area contributed by atoms with Crippen molar-refractivity contribution in [3.63, 3.8) is 0 Å². The minimum atomic E-state index is -0.910. The molecule has 1 aromatic carbocycles. The van der Waals surface area contributed by atoms with E-state index in [2.05, 4.69) is 15.0 Å². The maximum atomic E-state index is 5.81. The molecule has 5 nitrogen and oxygen atoms in total. The van der Waals surface area contributed by atoms with E-state index in [1.54, 1.807) is 32.4 Å². The Morgan fingerprint density at radius 3 is 1.92 bits per heavy atom. The molecule has 128 valence electrons. The molecule has 0 bridgehead atoms. The molecule has 1 aromatic heterocycles. The van der Waals surface area contributed by atoms with Gasteiger partial charge in [0, 0.05) is 0 Å². The molecule has 0 saturated heterocycles. The van der Waals surface area contributed by atoms with E-state index in [1.165, 1.54) is 0 Å². The molecule has 0 aliphatic rings. The van der Waals surface area contributed by atoms with Gasteiger partial charge in [0.05, 0.1) is 14.2 Å². The molecule has 0 aliphatic heterocycles. The van der Waals surface area contributed by atoms with Gasteiger partial charge >= 0.3 is 0 Å². The average molecular weight is 409 g/mol. The highest BCUT2D eigenvalue weighted by molar-refractivity contribution is 6.44. The second-order valence-electron chi connectivity index (χ2n) is 4.46. The summed E-state index contributed by atoms with van der Waals surface area (Å²) in [6.07, 6.45) is 3.46. The number of hydrogen-bond acceptors (Lipinski definition) is 5. The van der Waals surface area contributed by atoms with E-state index in [1.807, 2.05) is 12.1 Å². The SMILES string of the molecule is COc1ccc(C=Cc2nc(C(Cl)Cl)nc(C(Cl)Cl)n2)cc1OC. The van der Waals surface area contributed by atoms with E-state index in [0.29, 0.717) is 17.3 Å². The molecule has 0 saturated carbocycles. The van der Waals surface area contributed by atoms with E-state index in [9.17, 15) is 0 Å². The first-order valence-corrected chi connectivity index (χ1v) is 8.41. The van der Waals surface area contributed by atoms with Crippen LogP contribution < -0.4 is 9.47 Å². The summed E-state index contributed by atoms with van der Waals surface area (Å²) >= 11 is 23.3. The van der Waals surface area contributed by atoms with E-state index < -0.39 is 9.67 Å². The Morgan fingerprint density at radius 2 is 1.42 bits per heavy atom. The summed E-state index contributed by atoms with van der Waals surface area (Å²) in [6, 6.07) is 5.47. The quantitative estimate of drug-likeness (QED) is 0.628. The van der Waals surface area contributed by atoms with E-state index in [4.69, 9.17) is 55.9 Å². The van der Waals surface area contributed by atoms with Crippen molar-refractivity contribution in [2.75, 3.05) is 14.2 Å². The second kappa shape index (κ2) is 8.72. The van der Waals surface area contributed by atoms with Crippen molar-refractivity contribution in [2.24, 2.45) is 0 Å². The van der Waals surface area contributed by atoms with Crippen LogP contribution in [0.2, 0.25) is 0 Å². The van der Waals surface area contributed by atoms with Crippen molar-refractivity contribution < 1.29 is 9.47 Å². The summed E-state index contributed by atoms with van der Waals surface area (Å²) in [4.78, 5) is 10.5. The molecule has 0 aliphatic carbocycles. The highest BCUT2D eigenvalue weighted by Gasteiger charge is 2.15. The summed E-state index contributed by atoms with van der Waals surface area (Å²) < 4.78 is 10.5. The Labute approximate surface area is 159 Å². The molecule has 0 radical (unpaired) electrons. The van der Waals surface area contributed by atoms with Gasteiger partial charge in [0.1, 0.15) is 0 Å². The number of alkyl halides is 4. The van der Waals surface area contributed by atoms with Crippen LogP contribution in [-0.2, 0) is 0 Å². The smallest absolute Gasteiger partial charge is 0.167 e. The number of benzene rings is 1. The monoisotopic (exact) mass is 407 g/mol. The molecule has 2 aromatic rings. The average Bonchev–Trinajstić information content (AvgIpc) is 2.59. The van der Waals surface area contributed by atoms with Gasteiger partial charge in [-0.05, 0) is 23.8 Å². The molecule has 2 rings (SSSR count). The number of rotatable bonds is 6. The summed E-state index contributed by atoms with van der Waals surface area (Å²) in [5.74, 6) is 1.95. The van der Waals surface area contributed by atoms with Crippen LogP contribution in [0.5, 0.6) is 11.5 Å². The Bertz CT molecular complexity index is 712. The maximum Gasteiger partial charge on any atom is 0.167 e. The normalized spacial score (nSPS) is 11.5. The fourth-order valence-corrected chi connectivity index (χ4v) is 2.21. The van der Waals surface area contributed by atoms with E-state index >= 15 is 0 Å². The van der Waals surface area contributed by atoms with Gasteiger partial charge in [-0.3, -0.25) is 0 Å². The van der Waals surface area contributed by atoms with Crippen molar-refractivity contribution in [3.05, 3.63) is 41.2 Å². The molecule has 0 atom stereocenters. The van der Waals surface area contributed by atoms with E-state index in [0.717, 1.165) is 5.56 Å². The lowest BCUT2D eigenvalue weighted by Gasteiger charge is -2.08. The summed E-state index contributed by atoms with van der Waals surface area (Å²) in [5.41, 5.74) is 0.859. The highest BCUT2D eigenvalue weighted by atomic mass is 35.5. The van der Waals surface area contributed by atoms with Crippen molar-refractivity contribution in [1.29, 1.82) is 0 Å². The number of hydrogen-bond donors (Lipinski definition) is 0. The lowest BCUT2D eigenvalue weighted by Crippen LogP contribution is -2.05. The van der Waals surface area contributed by atoms with Gasteiger partial charge in [-0.2, -0.15) is 0 Å². The molecule has 0 N–H and O–H groups in total. The second-order valence-corrected chi connectivity index (χ2v) is 6.65. The standard InChI is InChI=1S/C15H13Cl4N3O2/c1-23-9-5-3-8(7-10(9)24-2)4-6-11-20-14(12(16)17)22-15(21-11)13(18)19/h3-7,12-13H,1-2H3. The Kier molecular flexibility index (Phi) is 6.92. The third kappa shape index (κ3) is 4.86. The fourth-order valence-electron chi connectivity index (χ4n) is 1.82. The summed E-state index contributed by atoms with van der Waals surface area (Å²) in [6.45, 7) is 0. The molecule has 0 spiro atoms. The summed E-state index contributed by atoms with van der Waals surface area (Å²) in [5, 5.41) is 0. The molecule has 0 fully saturated rings. The minimum Gasteiger partial charge on any atom is -0.493 e. The van der Waals surface area contributed by atoms with Crippen LogP contribution in [0.4, 0.5) is 0 Å². The molecule has 9 heteroatoms. The van der Waals surface area contributed by atoms with Gasteiger partial charge in [-0.25, -0.2) is 15.0 Å². The lowest BCUT2D eigenvalue weighted by molar-refractivity contribution is 0.355. The van der Waals surface area contributed by atoms with Crippen LogP contribution in [0.1, 0.15) is 32.7 Å². The largest absolute Gasteiger partial charge is 0.493 e. The predicted octanol–water partition coefficient (Wildman–Crippen LogP) is 5.01. The van der Waals surface area contributed by atoms with Gasteiger partial charge in [-0.1, -0.05) is 58.5 Å².